The quantitative estimate of drug-likeness (QED) is 0.524. The summed E-state index contributed by atoms with van der Waals surface area (Å²) in [6.07, 6.45) is 6.05. The number of pyridine rings is 1. The Hall–Kier alpha value is -3.40. The normalized spacial score (nSPS) is 12.1. The van der Waals surface area contributed by atoms with Crippen LogP contribution in [0.5, 0.6) is 0 Å². The lowest BCUT2D eigenvalue weighted by molar-refractivity contribution is -0.121. The first kappa shape index (κ1) is 18.9. The number of para-hydroxylation sites is 1. The van der Waals surface area contributed by atoms with Crippen molar-refractivity contribution in [2.75, 3.05) is 0 Å². The third-order valence-electron chi connectivity index (χ3n) is 5.38. The molecule has 0 spiro atoms. The highest BCUT2D eigenvalue weighted by atomic mass is 16.1. The molecule has 0 aliphatic carbocycles. The molecule has 2 aromatic carbocycles. The largest absolute Gasteiger partial charge is 0.352 e. The van der Waals surface area contributed by atoms with E-state index in [0.29, 0.717) is 13.0 Å². The van der Waals surface area contributed by atoms with E-state index in [0.717, 1.165) is 5.56 Å². The minimum Gasteiger partial charge on any atom is -0.352 e. The fourth-order valence-corrected chi connectivity index (χ4v) is 3.90. The third-order valence-corrected chi connectivity index (χ3v) is 5.38. The molecule has 0 saturated carbocycles. The Bertz CT molecular complexity index is 1130. The van der Waals surface area contributed by atoms with Gasteiger partial charge in [-0.15, -0.1) is 0 Å². The lowest BCUT2D eigenvalue weighted by Gasteiger charge is -2.18. The average Bonchev–Trinajstić information content (AvgIpc) is 3.08. The maximum Gasteiger partial charge on any atom is 0.221 e. The third kappa shape index (κ3) is 4.21. The van der Waals surface area contributed by atoms with Crippen molar-refractivity contribution in [1.29, 1.82) is 0 Å². The Morgan fingerprint density at radius 1 is 1.07 bits per heavy atom. The molecule has 1 unspecified atom stereocenters. The number of nitrogens with one attached hydrogen (secondary N) is 1. The zero-order chi connectivity index (χ0) is 20.2. The van der Waals surface area contributed by atoms with Gasteiger partial charge >= 0.3 is 0 Å². The van der Waals surface area contributed by atoms with Gasteiger partial charge in [0.25, 0.3) is 0 Å². The molecule has 0 aliphatic rings. The summed E-state index contributed by atoms with van der Waals surface area (Å²) >= 11 is 0. The number of hydrogen-bond donors (Lipinski definition) is 1. The van der Waals surface area contributed by atoms with E-state index < -0.39 is 0 Å². The maximum atomic E-state index is 12.9. The van der Waals surface area contributed by atoms with Crippen molar-refractivity contribution in [3.05, 3.63) is 102 Å². The zero-order valence-corrected chi connectivity index (χ0v) is 16.8. The van der Waals surface area contributed by atoms with Gasteiger partial charge in [-0.1, -0.05) is 48.0 Å². The molecule has 0 bridgehead atoms. The number of carbonyl (C=O) groups is 1. The molecule has 4 nitrogen and oxygen atoms in total. The molecule has 2 heterocycles. The second kappa shape index (κ2) is 8.31. The number of aryl methyl sites for hydroxylation is 2. The van der Waals surface area contributed by atoms with Gasteiger partial charge in [0, 0.05) is 55.4 Å². The number of fused-ring (bicyclic) bond motifs is 1. The molecule has 29 heavy (non-hydrogen) atoms. The molecule has 4 heteroatoms. The van der Waals surface area contributed by atoms with Gasteiger partial charge in [-0.2, -0.15) is 0 Å². The second-order valence-electron chi connectivity index (χ2n) is 7.52. The molecule has 146 valence electrons. The van der Waals surface area contributed by atoms with Crippen LogP contribution < -0.4 is 5.32 Å². The summed E-state index contributed by atoms with van der Waals surface area (Å²) in [6.45, 7) is 2.60. The first-order valence-electron chi connectivity index (χ1n) is 9.88. The van der Waals surface area contributed by atoms with Crippen molar-refractivity contribution < 1.29 is 4.79 Å². The molecule has 1 atom stereocenters. The Kier molecular flexibility index (Phi) is 5.43. The van der Waals surface area contributed by atoms with Gasteiger partial charge in [0.05, 0.1) is 0 Å². The van der Waals surface area contributed by atoms with Crippen molar-refractivity contribution >= 4 is 16.8 Å². The van der Waals surface area contributed by atoms with Crippen LogP contribution in [0.1, 0.15) is 34.6 Å². The summed E-state index contributed by atoms with van der Waals surface area (Å²) in [6, 6.07) is 20.7. The average molecular weight is 383 g/mol. The second-order valence-corrected chi connectivity index (χ2v) is 7.52. The first-order chi connectivity index (χ1) is 14.1. The van der Waals surface area contributed by atoms with E-state index in [1.807, 2.05) is 12.1 Å². The zero-order valence-electron chi connectivity index (χ0n) is 16.8. The molecule has 4 rings (SSSR count). The van der Waals surface area contributed by atoms with Gasteiger partial charge < -0.3 is 9.88 Å². The molecule has 0 aliphatic heterocycles. The van der Waals surface area contributed by atoms with Crippen LogP contribution in [0.4, 0.5) is 0 Å². The number of hydrogen-bond acceptors (Lipinski definition) is 2. The van der Waals surface area contributed by atoms with Crippen LogP contribution in [0.3, 0.4) is 0 Å². The SMILES string of the molecule is Cc1cccc(C(CC(=O)NCc2ccncc2)c2cn(C)c3ccccc23)c1. The highest BCUT2D eigenvalue weighted by Crippen LogP contribution is 2.34. The number of benzene rings is 2. The smallest absolute Gasteiger partial charge is 0.221 e. The fourth-order valence-electron chi connectivity index (χ4n) is 3.90. The standard InChI is InChI=1S/C25H25N3O/c1-18-6-5-7-20(14-18)22(15-25(29)27-16-19-10-12-26-13-11-19)23-17-28(2)24-9-4-3-8-21(23)24/h3-14,17,22H,15-16H2,1-2H3,(H,27,29). The minimum absolute atomic E-state index is 0.00144. The number of rotatable bonds is 6. The van der Waals surface area contributed by atoms with Crippen LogP contribution >= 0.6 is 0 Å². The Balaban J connectivity index is 1.65. The molecular weight excluding hydrogens is 358 g/mol. The molecule has 0 fully saturated rings. The number of aromatic nitrogens is 2. The van der Waals surface area contributed by atoms with Crippen LogP contribution in [0.15, 0.2) is 79.3 Å². The fraction of sp³-hybridized carbons (Fsp3) is 0.200. The predicted octanol–water partition coefficient (Wildman–Crippen LogP) is 4.72. The van der Waals surface area contributed by atoms with E-state index in [2.05, 4.69) is 83.6 Å². The lowest BCUT2D eigenvalue weighted by atomic mass is 9.87. The van der Waals surface area contributed by atoms with E-state index in [4.69, 9.17) is 0 Å². The van der Waals surface area contributed by atoms with Crippen molar-refractivity contribution in [3.8, 4) is 0 Å². The topological polar surface area (TPSA) is 46.9 Å². The summed E-state index contributed by atoms with van der Waals surface area (Å²) < 4.78 is 2.14. The maximum absolute atomic E-state index is 12.9. The lowest BCUT2D eigenvalue weighted by Crippen LogP contribution is -2.25. The van der Waals surface area contributed by atoms with E-state index in [1.165, 1.54) is 27.6 Å². The summed E-state index contributed by atoms with van der Waals surface area (Å²) in [5.74, 6) is 0.0414. The molecule has 0 saturated heterocycles. The van der Waals surface area contributed by atoms with E-state index in [9.17, 15) is 4.79 Å². The highest BCUT2D eigenvalue weighted by Gasteiger charge is 2.22. The Morgan fingerprint density at radius 2 is 1.86 bits per heavy atom. The molecule has 1 N–H and O–H groups in total. The molecule has 2 aromatic heterocycles. The van der Waals surface area contributed by atoms with Crippen LogP contribution in [0.2, 0.25) is 0 Å². The molecule has 0 radical (unpaired) electrons. The van der Waals surface area contributed by atoms with Gasteiger partial charge in [0.2, 0.25) is 5.91 Å². The van der Waals surface area contributed by atoms with Crippen molar-refractivity contribution in [2.24, 2.45) is 7.05 Å². The number of amides is 1. The van der Waals surface area contributed by atoms with E-state index >= 15 is 0 Å². The van der Waals surface area contributed by atoms with Crippen LogP contribution in [-0.2, 0) is 18.4 Å². The Labute approximate surface area is 171 Å². The van der Waals surface area contributed by atoms with Gasteiger partial charge in [-0.25, -0.2) is 0 Å². The van der Waals surface area contributed by atoms with Crippen molar-refractivity contribution in [1.82, 2.24) is 14.9 Å². The predicted molar refractivity (Wildman–Crippen MR) is 117 cm³/mol. The summed E-state index contributed by atoms with van der Waals surface area (Å²) in [4.78, 5) is 16.9. The van der Waals surface area contributed by atoms with E-state index in [-0.39, 0.29) is 11.8 Å². The minimum atomic E-state index is -0.00144. The first-order valence-corrected chi connectivity index (χ1v) is 9.88. The van der Waals surface area contributed by atoms with Crippen molar-refractivity contribution in [3.63, 3.8) is 0 Å². The van der Waals surface area contributed by atoms with Gasteiger partial charge in [0.1, 0.15) is 0 Å². The summed E-state index contributed by atoms with van der Waals surface area (Å²) in [5, 5.41) is 4.26. The van der Waals surface area contributed by atoms with Crippen molar-refractivity contribution in [2.45, 2.75) is 25.8 Å². The number of carbonyl (C=O) groups excluding carboxylic acids is 1. The summed E-state index contributed by atoms with van der Waals surface area (Å²) in [7, 11) is 2.06. The molecular formula is C25H25N3O. The summed E-state index contributed by atoms with van der Waals surface area (Å²) in [5.41, 5.74) is 5.78. The van der Waals surface area contributed by atoms with Crippen LogP contribution in [0, 0.1) is 6.92 Å². The van der Waals surface area contributed by atoms with Crippen LogP contribution in [0.25, 0.3) is 10.9 Å². The molecule has 1 amide bonds. The van der Waals surface area contributed by atoms with Crippen LogP contribution in [-0.4, -0.2) is 15.5 Å². The number of nitrogens with zero attached hydrogens (tertiary/aromatic N) is 2. The van der Waals surface area contributed by atoms with Gasteiger partial charge in [-0.3, -0.25) is 9.78 Å². The highest BCUT2D eigenvalue weighted by molar-refractivity contribution is 5.86. The monoisotopic (exact) mass is 383 g/mol. The van der Waals surface area contributed by atoms with Gasteiger partial charge in [0.15, 0.2) is 0 Å². The Morgan fingerprint density at radius 3 is 2.66 bits per heavy atom. The van der Waals surface area contributed by atoms with E-state index in [1.54, 1.807) is 12.4 Å². The molecule has 4 aromatic rings. The van der Waals surface area contributed by atoms with Gasteiger partial charge in [-0.05, 0) is 41.8 Å².